The zero-order chi connectivity index (χ0) is 12.7. The molecule has 0 bridgehead atoms. The Balaban J connectivity index is 2.82. The van der Waals surface area contributed by atoms with E-state index in [2.05, 4.69) is 53.3 Å². The Morgan fingerprint density at radius 3 is 2.76 bits per heavy atom. The maximum absolute atomic E-state index is 5.56. The van der Waals surface area contributed by atoms with Crippen molar-refractivity contribution in [2.75, 3.05) is 19.8 Å². The van der Waals surface area contributed by atoms with Gasteiger partial charge in [0, 0.05) is 11.1 Å². The lowest BCUT2D eigenvalue weighted by Crippen LogP contribution is -2.26. The van der Waals surface area contributed by atoms with Crippen LogP contribution in [-0.4, -0.2) is 19.8 Å². The maximum Gasteiger partial charge on any atom is 0.0661 e. The van der Waals surface area contributed by atoms with Gasteiger partial charge >= 0.3 is 0 Å². The van der Waals surface area contributed by atoms with Crippen LogP contribution in [0.3, 0.4) is 0 Å². The summed E-state index contributed by atoms with van der Waals surface area (Å²) in [6.45, 7) is 8.82. The van der Waals surface area contributed by atoms with Gasteiger partial charge in [-0.2, -0.15) is 0 Å². The van der Waals surface area contributed by atoms with E-state index in [1.807, 2.05) is 6.92 Å². The summed E-state index contributed by atoms with van der Waals surface area (Å²) in [4.78, 5) is 0. The minimum atomic E-state index is 0.268. The molecule has 0 aromatic heterocycles. The summed E-state index contributed by atoms with van der Waals surface area (Å²) >= 11 is 3.62. The first-order valence-electron chi connectivity index (χ1n) is 6.26. The van der Waals surface area contributed by atoms with Gasteiger partial charge in [-0.1, -0.05) is 40.5 Å². The van der Waals surface area contributed by atoms with Gasteiger partial charge in [-0.3, -0.25) is 0 Å². The highest BCUT2D eigenvalue weighted by Crippen LogP contribution is 2.25. The summed E-state index contributed by atoms with van der Waals surface area (Å²) in [7, 11) is 0. The molecule has 0 saturated carbocycles. The van der Waals surface area contributed by atoms with Crippen molar-refractivity contribution in [3.8, 4) is 0 Å². The molecule has 1 unspecified atom stereocenters. The third kappa shape index (κ3) is 4.78. The molecular formula is C14H22BrNO. The number of hydrogen-bond donors (Lipinski definition) is 1. The van der Waals surface area contributed by atoms with Crippen LogP contribution in [-0.2, 0) is 4.74 Å². The van der Waals surface area contributed by atoms with Gasteiger partial charge in [0.1, 0.15) is 0 Å². The molecule has 0 aliphatic carbocycles. The van der Waals surface area contributed by atoms with Crippen molar-refractivity contribution in [3.05, 3.63) is 33.8 Å². The third-order valence-electron chi connectivity index (χ3n) is 2.66. The molecule has 1 N–H and O–H groups in total. The molecule has 2 nitrogen and oxygen atoms in total. The predicted molar refractivity (Wildman–Crippen MR) is 76.4 cm³/mol. The SMILES string of the molecule is CCCNC(COCC)c1cc(C)ccc1Br. The van der Waals surface area contributed by atoms with Crippen LogP contribution in [0.1, 0.15) is 37.4 Å². The summed E-state index contributed by atoms with van der Waals surface area (Å²) in [5, 5.41) is 3.53. The van der Waals surface area contributed by atoms with Gasteiger partial charge in [0.15, 0.2) is 0 Å². The molecular weight excluding hydrogens is 278 g/mol. The average molecular weight is 300 g/mol. The Labute approximate surface area is 113 Å². The van der Waals surface area contributed by atoms with Gasteiger partial charge in [0.25, 0.3) is 0 Å². The summed E-state index contributed by atoms with van der Waals surface area (Å²) in [5.41, 5.74) is 2.56. The molecule has 0 aliphatic heterocycles. The highest BCUT2D eigenvalue weighted by Gasteiger charge is 2.13. The second kappa shape index (κ2) is 7.85. The van der Waals surface area contributed by atoms with Crippen LogP contribution in [0.4, 0.5) is 0 Å². The summed E-state index contributed by atoms with van der Waals surface area (Å²) in [6.07, 6.45) is 1.13. The second-order valence-corrected chi connectivity index (χ2v) is 5.05. The predicted octanol–water partition coefficient (Wildman–Crippen LogP) is 3.83. The van der Waals surface area contributed by atoms with Crippen LogP contribution >= 0.6 is 15.9 Å². The Morgan fingerprint density at radius 1 is 1.35 bits per heavy atom. The fourth-order valence-electron chi connectivity index (χ4n) is 1.74. The second-order valence-electron chi connectivity index (χ2n) is 4.19. The Hall–Kier alpha value is -0.380. The number of rotatable bonds is 7. The number of benzene rings is 1. The van der Waals surface area contributed by atoms with Crippen molar-refractivity contribution in [2.45, 2.75) is 33.2 Å². The van der Waals surface area contributed by atoms with Crippen LogP contribution < -0.4 is 5.32 Å². The van der Waals surface area contributed by atoms with Gasteiger partial charge < -0.3 is 10.1 Å². The quantitative estimate of drug-likeness (QED) is 0.826. The molecule has 0 aliphatic rings. The van der Waals surface area contributed by atoms with E-state index in [1.165, 1.54) is 11.1 Å². The zero-order valence-electron chi connectivity index (χ0n) is 10.9. The monoisotopic (exact) mass is 299 g/mol. The minimum absolute atomic E-state index is 0.268. The van der Waals surface area contributed by atoms with Gasteiger partial charge in [-0.25, -0.2) is 0 Å². The molecule has 1 aromatic rings. The number of aryl methyl sites for hydroxylation is 1. The van der Waals surface area contributed by atoms with Gasteiger partial charge in [-0.05, 0) is 38.4 Å². The van der Waals surface area contributed by atoms with Crippen molar-refractivity contribution in [1.82, 2.24) is 5.32 Å². The average Bonchev–Trinajstić information content (AvgIpc) is 2.33. The van der Waals surface area contributed by atoms with Crippen LogP contribution in [0.15, 0.2) is 22.7 Å². The molecule has 1 atom stereocenters. The fraction of sp³-hybridized carbons (Fsp3) is 0.571. The van der Waals surface area contributed by atoms with Crippen molar-refractivity contribution in [1.29, 1.82) is 0 Å². The maximum atomic E-state index is 5.56. The van der Waals surface area contributed by atoms with Crippen LogP contribution in [0, 0.1) is 6.92 Å². The van der Waals surface area contributed by atoms with Crippen LogP contribution in [0.25, 0.3) is 0 Å². The van der Waals surface area contributed by atoms with Crippen LogP contribution in [0.2, 0.25) is 0 Å². The van der Waals surface area contributed by atoms with Gasteiger partial charge in [-0.15, -0.1) is 0 Å². The Morgan fingerprint density at radius 2 is 2.12 bits per heavy atom. The van der Waals surface area contributed by atoms with E-state index in [1.54, 1.807) is 0 Å². The Bertz CT molecular complexity index is 333. The highest BCUT2D eigenvalue weighted by atomic mass is 79.9. The molecule has 1 rings (SSSR count). The number of ether oxygens (including phenoxy) is 1. The van der Waals surface area contributed by atoms with E-state index in [0.29, 0.717) is 0 Å². The molecule has 96 valence electrons. The van der Waals surface area contributed by atoms with Crippen molar-refractivity contribution in [3.63, 3.8) is 0 Å². The lowest BCUT2D eigenvalue weighted by Gasteiger charge is -2.20. The lowest BCUT2D eigenvalue weighted by molar-refractivity contribution is 0.123. The van der Waals surface area contributed by atoms with E-state index >= 15 is 0 Å². The first kappa shape index (κ1) is 14.7. The topological polar surface area (TPSA) is 21.3 Å². The van der Waals surface area contributed by atoms with Crippen molar-refractivity contribution >= 4 is 15.9 Å². The van der Waals surface area contributed by atoms with Gasteiger partial charge in [0.05, 0.1) is 12.6 Å². The molecule has 17 heavy (non-hydrogen) atoms. The first-order valence-corrected chi connectivity index (χ1v) is 7.05. The lowest BCUT2D eigenvalue weighted by atomic mass is 10.0. The number of nitrogens with one attached hydrogen (secondary N) is 1. The third-order valence-corrected chi connectivity index (χ3v) is 3.38. The number of hydrogen-bond acceptors (Lipinski definition) is 2. The minimum Gasteiger partial charge on any atom is -0.380 e. The summed E-state index contributed by atoms with van der Waals surface area (Å²) < 4.78 is 6.71. The van der Waals surface area contributed by atoms with Gasteiger partial charge in [0.2, 0.25) is 0 Å². The Kier molecular flexibility index (Phi) is 6.78. The molecule has 3 heteroatoms. The standard InChI is InChI=1S/C14H22BrNO/c1-4-8-16-14(10-17-5-2)12-9-11(3)6-7-13(12)15/h6-7,9,14,16H,4-5,8,10H2,1-3H3. The summed E-state index contributed by atoms with van der Waals surface area (Å²) in [6, 6.07) is 6.71. The van der Waals surface area contributed by atoms with Crippen LogP contribution in [0.5, 0.6) is 0 Å². The molecule has 0 saturated heterocycles. The molecule has 1 aromatic carbocycles. The largest absolute Gasteiger partial charge is 0.380 e. The van der Waals surface area contributed by atoms with Crippen molar-refractivity contribution in [2.24, 2.45) is 0 Å². The molecule has 0 spiro atoms. The van der Waals surface area contributed by atoms with E-state index in [-0.39, 0.29) is 6.04 Å². The van der Waals surface area contributed by atoms with E-state index < -0.39 is 0 Å². The molecule has 0 heterocycles. The molecule has 0 fully saturated rings. The normalized spacial score (nSPS) is 12.7. The zero-order valence-corrected chi connectivity index (χ0v) is 12.5. The van der Waals surface area contributed by atoms with E-state index in [9.17, 15) is 0 Å². The van der Waals surface area contributed by atoms with E-state index in [0.717, 1.165) is 30.7 Å². The summed E-state index contributed by atoms with van der Waals surface area (Å²) in [5.74, 6) is 0. The highest BCUT2D eigenvalue weighted by molar-refractivity contribution is 9.10. The molecule has 0 radical (unpaired) electrons. The fourth-order valence-corrected chi connectivity index (χ4v) is 2.27. The molecule has 0 amide bonds. The first-order chi connectivity index (χ1) is 8.19. The smallest absolute Gasteiger partial charge is 0.0661 e. The van der Waals surface area contributed by atoms with Crippen molar-refractivity contribution < 1.29 is 4.74 Å². The van der Waals surface area contributed by atoms with E-state index in [4.69, 9.17) is 4.74 Å². The number of halogens is 1.